The smallest absolute Gasteiger partial charge is 0.339 e. The summed E-state index contributed by atoms with van der Waals surface area (Å²) in [7, 11) is 1.36. The standard InChI is InChI=1S/C41H49F2N3O5/c1-10-13-27(4)50-33-24-30(42)23-31(43)36(33)29-15-12-14-28(22-29)32-25-46-34(44-32)21-26(3)35(37(39(47)48-9)51-40(5,6)7)38(46)45-18-16-41(8,17-19-45)49-20-11-2/h10-12,14-15,21-25,27,37H,1-2,13,16-20H2,3-9H3/t27-,37-/m0/s1. The number of fused-ring (bicyclic) bond motifs is 1. The van der Waals surface area contributed by atoms with E-state index in [-0.39, 0.29) is 23.0 Å². The van der Waals surface area contributed by atoms with Crippen LogP contribution in [0.5, 0.6) is 5.75 Å². The molecule has 2 aromatic heterocycles. The van der Waals surface area contributed by atoms with E-state index in [9.17, 15) is 9.18 Å². The minimum absolute atomic E-state index is 0.110. The van der Waals surface area contributed by atoms with Crippen molar-refractivity contribution in [2.24, 2.45) is 0 Å². The van der Waals surface area contributed by atoms with Crippen LogP contribution < -0.4 is 9.64 Å². The van der Waals surface area contributed by atoms with Crippen molar-refractivity contribution in [2.45, 2.75) is 84.2 Å². The molecule has 0 amide bonds. The van der Waals surface area contributed by atoms with Gasteiger partial charge in [0, 0.05) is 49.0 Å². The first-order valence-corrected chi connectivity index (χ1v) is 17.3. The summed E-state index contributed by atoms with van der Waals surface area (Å²) in [6.07, 6.45) is 6.06. The Morgan fingerprint density at radius 3 is 2.43 bits per heavy atom. The maximum atomic E-state index is 15.5. The number of carbonyl (C=O) groups is 1. The number of aromatic nitrogens is 2. The highest BCUT2D eigenvalue weighted by molar-refractivity contribution is 5.82. The highest BCUT2D eigenvalue weighted by Crippen LogP contribution is 2.41. The van der Waals surface area contributed by atoms with Crippen molar-refractivity contribution in [1.82, 2.24) is 9.38 Å². The van der Waals surface area contributed by atoms with E-state index in [1.807, 2.05) is 69.5 Å². The Kier molecular flexibility index (Phi) is 11.4. The molecule has 4 aromatic rings. The highest BCUT2D eigenvalue weighted by Gasteiger charge is 2.37. The number of aryl methyl sites for hydroxylation is 1. The van der Waals surface area contributed by atoms with E-state index >= 15 is 4.39 Å². The average Bonchev–Trinajstić information content (AvgIpc) is 3.49. The molecule has 10 heteroatoms. The largest absolute Gasteiger partial charge is 0.490 e. The Morgan fingerprint density at radius 2 is 1.78 bits per heavy atom. The number of esters is 1. The van der Waals surface area contributed by atoms with Gasteiger partial charge in [-0.05, 0) is 77.6 Å². The predicted octanol–water partition coefficient (Wildman–Crippen LogP) is 9.19. The van der Waals surface area contributed by atoms with Gasteiger partial charge >= 0.3 is 5.97 Å². The second-order valence-electron chi connectivity index (χ2n) is 14.4. The molecule has 272 valence electrons. The van der Waals surface area contributed by atoms with Gasteiger partial charge in [0.2, 0.25) is 0 Å². The zero-order chi connectivity index (χ0) is 37.1. The minimum Gasteiger partial charge on any atom is -0.490 e. The molecule has 1 saturated heterocycles. The van der Waals surface area contributed by atoms with E-state index in [4.69, 9.17) is 23.9 Å². The number of anilines is 1. The normalized spacial score (nSPS) is 15.7. The molecule has 0 radical (unpaired) electrons. The van der Waals surface area contributed by atoms with Crippen LogP contribution in [0.15, 0.2) is 74.0 Å². The molecule has 0 bridgehead atoms. The van der Waals surface area contributed by atoms with Crippen molar-refractivity contribution in [3.8, 4) is 28.1 Å². The molecule has 1 fully saturated rings. The number of rotatable bonds is 13. The topological polar surface area (TPSA) is 74.5 Å². The number of pyridine rings is 1. The molecule has 0 spiro atoms. The number of hydrogen-bond acceptors (Lipinski definition) is 7. The number of hydrogen-bond donors (Lipinski definition) is 0. The lowest BCUT2D eigenvalue weighted by Crippen LogP contribution is -2.45. The molecule has 51 heavy (non-hydrogen) atoms. The number of imidazole rings is 1. The number of halogens is 2. The first kappa shape index (κ1) is 37.7. The van der Waals surface area contributed by atoms with Gasteiger partial charge in [-0.1, -0.05) is 30.4 Å². The van der Waals surface area contributed by atoms with Gasteiger partial charge in [-0.2, -0.15) is 0 Å². The summed E-state index contributed by atoms with van der Waals surface area (Å²) in [6.45, 7) is 20.9. The molecule has 0 N–H and O–H groups in total. The fourth-order valence-electron chi connectivity index (χ4n) is 6.57. The third kappa shape index (κ3) is 8.51. The highest BCUT2D eigenvalue weighted by atomic mass is 19.1. The zero-order valence-electron chi connectivity index (χ0n) is 30.7. The molecule has 1 aliphatic heterocycles. The quantitative estimate of drug-likeness (QED) is 0.102. The lowest BCUT2D eigenvalue weighted by atomic mass is 9.92. The summed E-state index contributed by atoms with van der Waals surface area (Å²) in [6, 6.07) is 11.3. The van der Waals surface area contributed by atoms with Crippen molar-refractivity contribution in [3.05, 3.63) is 96.7 Å². The maximum absolute atomic E-state index is 15.5. The van der Waals surface area contributed by atoms with Gasteiger partial charge in [0.25, 0.3) is 0 Å². The van der Waals surface area contributed by atoms with Crippen LogP contribution in [0.3, 0.4) is 0 Å². The SMILES string of the molecule is C=CCOC1(C)CCN(c2c([C@H](OC(C)(C)C)C(=O)OC)c(C)cc3nc(-c4cccc(-c5c(F)cc(F)cc5O[C@@H](C)CC=C)c4)cn23)CC1. The molecule has 2 atom stereocenters. The second-order valence-corrected chi connectivity index (χ2v) is 14.4. The minimum atomic E-state index is -1.00. The van der Waals surface area contributed by atoms with Gasteiger partial charge in [-0.3, -0.25) is 4.40 Å². The number of methoxy groups -OCH3 is 1. The van der Waals surface area contributed by atoms with E-state index in [1.54, 1.807) is 18.2 Å². The summed E-state index contributed by atoms with van der Waals surface area (Å²) in [5.41, 5.74) is 3.23. The van der Waals surface area contributed by atoms with E-state index in [0.29, 0.717) is 48.6 Å². The summed E-state index contributed by atoms with van der Waals surface area (Å²) < 4.78 is 55.7. The summed E-state index contributed by atoms with van der Waals surface area (Å²) in [4.78, 5) is 20.7. The number of ether oxygens (including phenoxy) is 4. The number of carbonyl (C=O) groups excluding carboxylic acids is 1. The van der Waals surface area contributed by atoms with E-state index in [2.05, 4.69) is 25.0 Å². The van der Waals surface area contributed by atoms with Gasteiger partial charge in [0.1, 0.15) is 28.8 Å². The van der Waals surface area contributed by atoms with Crippen LogP contribution >= 0.6 is 0 Å². The fourth-order valence-corrected chi connectivity index (χ4v) is 6.57. The van der Waals surface area contributed by atoms with Crippen molar-refractivity contribution in [2.75, 3.05) is 31.7 Å². The Bertz CT molecular complexity index is 1910. The predicted molar refractivity (Wildman–Crippen MR) is 197 cm³/mol. The number of piperidine rings is 1. The summed E-state index contributed by atoms with van der Waals surface area (Å²) >= 11 is 0. The molecule has 0 unspecified atom stereocenters. The molecule has 5 rings (SSSR count). The molecule has 0 saturated carbocycles. The zero-order valence-corrected chi connectivity index (χ0v) is 30.7. The van der Waals surface area contributed by atoms with E-state index in [1.165, 1.54) is 13.2 Å². The Morgan fingerprint density at radius 1 is 1.08 bits per heavy atom. The summed E-state index contributed by atoms with van der Waals surface area (Å²) in [5, 5.41) is 0. The van der Waals surface area contributed by atoms with Crippen LogP contribution in [0, 0.1) is 18.6 Å². The second kappa shape index (κ2) is 15.4. The molecular weight excluding hydrogens is 652 g/mol. The van der Waals surface area contributed by atoms with Gasteiger partial charge in [0.15, 0.2) is 6.10 Å². The van der Waals surface area contributed by atoms with Crippen LogP contribution in [0.4, 0.5) is 14.6 Å². The lowest BCUT2D eigenvalue weighted by Gasteiger charge is -2.41. The fraction of sp³-hybridized carbons (Fsp3) is 0.415. The molecule has 1 aliphatic rings. The van der Waals surface area contributed by atoms with Gasteiger partial charge in [-0.15, -0.1) is 13.2 Å². The molecule has 3 heterocycles. The van der Waals surface area contributed by atoms with Crippen LogP contribution in [-0.4, -0.2) is 59.5 Å². The first-order chi connectivity index (χ1) is 24.2. The van der Waals surface area contributed by atoms with Crippen LogP contribution in [0.25, 0.3) is 28.0 Å². The van der Waals surface area contributed by atoms with Crippen LogP contribution in [0.2, 0.25) is 0 Å². The molecule has 0 aliphatic carbocycles. The van der Waals surface area contributed by atoms with Gasteiger partial charge in [0.05, 0.1) is 42.3 Å². The Balaban J connectivity index is 1.66. The van der Waals surface area contributed by atoms with E-state index < -0.39 is 29.3 Å². The monoisotopic (exact) mass is 701 g/mol. The third-order valence-corrected chi connectivity index (χ3v) is 9.08. The Hall–Kier alpha value is -4.54. The molecular formula is C41H49F2N3O5. The average molecular weight is 702 g/mol. The number of nitrogens with zero attached hydrogens (tertiary/aromatic N) is 3. The molecule has 2 aromatic carbocycles. The first-order valence-electron chi connectivity index (χ1n) is 17.3. The summed E-state index contributed by atoms with van der Waals surface area (Å²) in [5.74, 6) is -1.06. The number of benzene rings is 2. The van der Waals surface area contributed by atoms with Crippen LogP contribution in [0.1, 0.15) is 71.1 Å². The van der Waals surface area contributed by atoms with Gasteiger partial charge < -0.3 is 23.8 Å². The van der Waals surface area contributed by atoms with Gasteiger partial charge in [-0.25, -0.2) is 18.6 Å². The van der Waals surface area contributed by atoms with Crippen molar-refractivity contribution < 1.29 is 32.5 Å². The maximum Gasteiger partial charge on any atom is 0.339 e. The van der Waals surface area contributed by atoms with E-state index in [0.717, 1.165) is 35.9 Å². The molecule has 8 nitrogen and oxygen atoms in total. The third-order valence-electron chi connectivity index (χ3n) is 9.08. The van der Waals surface area contributed by atoms with Crippen molar-refractivity contribution in [1.29, 1.82) is 0 Å². The Labute approximate surface area is 299 Å². The van der Waals surface area contributed by atoms with Crippen molar-refractivity contribution in [3.63, 3.8) is 0 Å². The van der Waals surface area contributed by atoms with Crippen LogP contribution in [-0.2, 0) is 19.0 Å². The lowest BCUT2D eigenvalue weighted by molar-refractivity contribution is -0.164. The van der Waals surface area contributed by atoms with Crippen molar-refractivity contribution >= 4 is 17.4 Å².